The summed E-state index contributed by atoms with van der Waals surface area (Å²) in [5.74, 6) is 0.647. The summed E-state index contributed by atoms with van der Waals surface area (Å²) in [6.07, 6.45) is 0.867. The summed E-state index contributed by atoms with van der Waals surface area (Å²) >= 11 is 7.20. The summed E-state index contributed by atoms with van der Waals surface area (Å²) in [5.41, 5.74) is 1.13. The molecule has 0 aliphatic carbocycles. The molecule has 0 aliphatic rings. The van der Waals surface area contributed by atoms with Crippen LogP contribution in [0, 0.1) is 0 Å². The fourth-order valence-corrected chi connectivity index (χ4v) is 2.21. The quantitative estimate of drug-likeness (QED) is 0.675. The van der Waals surface area contributed by atoms with Crippen molar-refractivity contribution >= 4 is 33.2 Å². The third-order valence-electron chi connectivity index (χ3n) is 1.78. The minimum atomic E-state index is 0.647. The third-order valence-corrected chi connectivity index (χ3v) is 2.84. The van der Waals surface area contributed by atoms with Crippen molar-refractivity contribution in [2.24, 2.45) is 0 Å². The Morgan fingerprint density at radius 1 is 1.33 bits per heavy atom. The van der Waals surface area contributed by atoms with Crippen molar-refractivity contribution in [2.75, 3.05) is 5.88 Å². The molecule has 0 radical (unpaired) electrons. The van der Waals surface area contributed by atoms with Gasteiger partial charge in [0.1, 0.15) is 0 Å². The van der Waals surface area contributed by atoms with Gasteiger partial charge in [-0.3, -0.25) is 0 Å². The average Bonchev–Trinajstić information content (AvgIpc) is 2.50. The van der Waals surface area contributed by atoms with Crippen molar-refractivity contribution in [1.82, 2.24) is 4.37 Å². The SMILES string of the molecule is ClCCc1nsc2ccccc12. The Balaban J connectivity index is 2.55. The molecular weight excluding hydrogens is 190 g/mol. The van der Waals surface area contributed by atoms with Gasteiger partial charge in [0.25, 0.3) is 0 Å². The van der Waals surface area contributed by atoms with Crippen LogP contribution in [-0.4, -0.2) is 10.3 Å². The van der Waals surface area contributed by atoms with E-state index >= 15 is 0 Å². The van der Waals surface area contributed by atoms with Crippen molar-refractivity contribution in [3.8, 4) is 0 Å². The van der Waals surface area contributed by atoms with Crippen LogP contribution in [0.5, 0.6) is 0 Å². The minimum absolute atomic E-state index is 0.647. The zero-order valence-electron chi connectivity index (χ0n) is 6.46. The predicted molar refractivity (Wildman–Crippen MR) is 54.0 cm³/mol. The standard InChI is InChI=1S/C9H8ClNS/c10-6-5-8-7-3-1-2-4-9(7)12-11-8/h1-4H,5-6H2. The van der Waals surface area contributed by atoms with Crippen LogP contribution in [0.25, 0.3) is 10.1 Å². The second-order valence-corrected chi connectivity index (χ2v) is 3.75. The molecule has 0 spiro atoms. The predicted octanol–water partition coefficient (Wildman–Crippen LogP) is 3.08. The van der Waals surface area contributed by atoms with Crippen LogP contribution in [0.2, 0.25) is 0 Å². The summed E-state index contributed by atoms with van der Waals surface area (Å²) in [7, 11) is 0. The highest BCUT2D eigenvalue weighted by atomic mass is 35.5. The highest BCUT2D eigenvalue weighted by Gasteiger charge is 2.02. The van der Waals surface area contributed by atoms with E-state index in [1.54, 1.807) is 11.5 Å². The molecule has 1 nitrogen and oxygen atoms in total. The topological polar surface area (TPSA) is 12.9 Å². The summed E-state index contributed by atoms with van der Waals surface area (Å²) in [6, 6.07) is 8.25. The van der Waals surface area contributed by atoms with E-state index in [1.807, 2.05) is 12.1 Å². The number of fused-ring (bicyclic) bond motifs is 1. The molecule has 2 aromatic rings. The van der Waals surface area contributed by atoms with Gasteiger partial charge in [0.15, 0.2) is 0 Å². The van der Waals surface area contributed by atoms with Gasteiger partial charge in [-0.2, -0.15) is 4.37 Å². The summed E-state index contributed by atoms with van der Waals surface area (Å²) in [6.45, 7) is 0. The molecule has 0 saturated heterocycles. The smallest absolute Gasteiger partial charge is 0.0632 e. The first-order chi connectivity index (χ1) is 5.92. The zero-order chi connectivity index (χ0) is 8.39. The van der Waals surface area contributed by atoms with Crippen LogP contribution in [-0.2, 0) is 6.42 Å². The Hall–Kier alpha value is -0.600. The first-order valence-electron chi connectivity index (χ1n) is 3.81. The number of alkyl halides is 1. The Kier molecular flexibility index (Phi) is 2.28. The molecule has 12 heavy (non-hydrogen) atoms. The van der Waals surface area contributed by atoms with Crippen LogP contribution in [0.4, 0.5) is 0 Å². The lowest BCUT2D eigenvalue weighted by Gasteiger charge is -1.91. The van der Waals surface area contributed by atoms with Crippen molar-refractivity contribution in [3.05, 3.63) is 30.0 Å². The fraction of sp³-hybridized carbons (Fsp3) is 0.222. The van der Waals surface area contributed by atoms with Gasteiger partial charge in [0, 0.05) is 17.7 Å². The Bertz CT molecular complexity index is 383. The van der Waals surface area contributed by atoms with Gasteiger partial charge in [-0.15, -0.1) is 11.6 Å². The van der Waals surface area contributed by atoms with Crippen molar-refractivity contribution in [3.63, 3.8) is 0 Å². The second-order valence-electron chi connectivity index (χ2n) is 2.56. The average molecular weight is 198 g/mol. The molecular formula is C9H8ClNS. The molecule has 0 saturated carbocycles. The lowest BCUT2D eigenvalue weighted by molar-refractivity contribution is 1.11. The van der Waals surface area contributed by atoms with Gasteiger partial charge in [0.05, 0.1) is 10.4 Å². The molecule has 0 unspecified atom stereocenters. The van der Waals surface area contributed by atoms with E-state index in [2.05, 4.69) is 16.5 Å². The molecule has 0 amide bonds. The van der Waals surface area contributed by atoms with E-state index in [9.17, 15) is 0 Å². The maximum atomic E-state index is 5.66. The van der Waals surface area contributed by atoms with E-state index in [0.717, 1.165) is 12.1 Å². The molecule has 0 fully saturated rings. The van der Waals surface area contributed by atoms with E-state index in [-0.39, 0.29) is 0 Å². The highest BCUT2D eigenvalue weighted by Crippen LogP contribution is 2.22. The maximum absolute atomic E-state index is 5.66. The molecule has 1 heterocycles. The van der Waals surface area contributed by atoms with Crippen LogP contribution in [0.15, 0.2) is 24.3 Å². The zero-order valence-corrected chi connectivity index (χ0v) is 8.03. The van der Waals surface area contributed by atoms with Crippen LogP contribution >= 0.6 is 23.1 Å². The lowest BCUT2D eigenvalue weighted by Crippen LogP contribution is -1.84. The van der Waals surface area contributed by atoms with Gasteiger partial charge in [0.2, 0.25) is 0 Å². The summed E-state index contributed by atoms with van der Waals surface area (Å²) < 4.78 is 5.59. The van der Waals surface area contributed by atoms with Gasteiger partial charge in [-0.1, -0.05) is 18.2 Å². The second kappa shape index (κ2) is 3.42. The Labute approximate surface area is 80.1 Å². The first kappa shape index (κ1) is 8.02. The summed E-state index contributed by atoms with van der Waals surface area (Å²) in [4.78, 5) is 0. The van der Waals surface area contributed by atoms with Crippen LogP contribution in [0.1, 0.15) is 5.69 Å². The van der Waals surface area contributed by atoms with Crippen molar-refractivity contribution in [1.29, 1.82) is 0 Å². The number of aromatic nitrogens is 1. The molecule has 2 rings (SSSR count). The molecule has 0 N–H and O–H groups in total. The molecule has 1 aromatic carbocycles. The minimum Gasteiger partial charge on any atom is -0.196 e. The van der Waals surface area contributed by atoms with E-state index < -0.39 is 0 Å². The molecule has 0 aliphatic heterocycles. The van der Waals surface area contributed by atoms with Gasteiger partial charge in [-0.05, 0) is 17.6 Å². The number of rotatable bonds is 2. The molecule has 62 valence electrons. The van der Waals surface area contributed by atoms with Crippen LogP contribution in [0.3, 0.4) is 0 Å². The highest BCUT2D eigenvalue weighted by molar-refractivity contribution is 7.13. The van der Waals surface area contributed by atoms with Crippen molar-refractivity contribution in [2.45, 2.75) is 6.42 Å². The number of nitrogens with zero attached hydrogens (tertiary/aromatic N) is 1. The van der Waals surface area contributed by atoms with Gasteiger partial charge in [-0.25, -0.2) is 0 Å². The molecule has 3 heteroatoms. The number of hydrogen-bond acceptors (Lipinski definition) is 2. The number of hydrogen-bond donors (Lipinski definition) is 0. The van der Waals surface area contributed by atoms with Crippen molar-refractivity contribution < 1.29 is 0 Å². The number of benzene rings is 1. The summed E-state index contributed by atoms with van der Waals surface area (Å²) in [5, 5.41) is 1.25. The Morgan fingerprint density at radius 3 is 3.00 bits per heavy atom. The van der Waals surface area contributed by atoms with Gasteiger partial charge < -0.3 is 0 Å². The van der Waals surface area contributed by atoms with E-state index in [4.69, 9.17) is 11.6 Å². The third kappa shape index (κ3) is 1.32. The van der Waals surface area contributed by atoms with Crippen LogP contribution < -0.4 is 0 Å². The first-order valence-corrected chi connectivity index (χ1v) is 5.12. The molecule has 0 atom stereocenters. The van der Waals surface area contributed by atoms with Gasteiger partial charge >= 0.3 is 0 Å². The van der Waals surface area contributed by atoms with E-state index in [0.29, 0.717) is 5.88 Å². The number of halogens is 1. The number of aryl methyl sites for hydroxylation is 1. The molecule has 1 aromatic heterocycles. The largest absolute Gasteiger partial charge is 0.196 e. The fourth-order valence-electron chi connectivity index (χ4n) is 1.21. The molecule has 0 bridgehead atoms. The monoisotopic (exact) mass is 197 g/mol. The van der Waals surface area contributed by atoms with E-state index in [1.165, 1.54) is 10.1 Å². The normalized spacial score (nSPS) is 10.8. The maximum Gasteiger partial charge on any atom is 0.0632 e. The Morgan fingerprint density at radius 2 is 2.17 bits per heavy atom. The lowest BCUT2D eigenvalue weighted by atomic mass is 10.2.